The first kappa shape index (κ1) is 10.8. The Kier molecular flexibility index (Phi) is 2.44. The molecule has 2 aromatic rings. The van der Waals surface area contributed by atoms with Gasteiger partial charge >= 0.3 is 0 Å². The van der Waals surface area contributed by atoms with Gasteiger partial charge in [-0.3, -0.25) is 0 Å². The monoisotopic (exact) mass is 229 g/mol. The van der Waals surface area contributed by atoms with Crippen LogP contribution in [0.4, 0.5) is 0 Å². The summed E-state index contributed by atoms with van der Waals surface area (Å²) in [7, 11) is 0. The van der Waals surface area contributed by atoms with Crippen molar-refractivity contribution >= 4 is 11.0 Å². The normalized spacial score (nSPS) is 16.6. The fourth-order valence-corrected chi connectivity index (χ4v) is 2.43. The lowest BCUT2D eigenvalue weighted by Crippen LogP contribution is -2.40. The molecule has 0 amide bonds. The van der Waals surface area contributed by atoms with Crippen LogP contribution in [0.25, 0.3) is 11.0 Å². The molecule has 2 heterocycles. The Morgan fingerprint density at radius 3 is 3.06 bits per heavy atom. The lowest BCUT2D eigenvalue weighted by atomic mass is 9.98. The SMILES string of the molecule is CC(C)(NCc1c[nH]c2ncccc12)C1CC1. The van der Waals surface area contributed by atoms with Crippen LogP contribution < -0.4 is 5.32 Å². The van der Waals surface area contributed by atoms with Crippen molar-refractivity contribution in [3.63, 3.8) is 0 Å². The van der Waals surface area contributed by atoms with Gasteiger partial charge in [0.1, 0.15) is 5.65 Å². The number of H-pyrrole nitrogens is 1. The highest BCUT2D eigenvalue weighted by Crippen LogP contribution is 2.39. The van der Waals surface area contributed by atoms with Gasteiger partial charge in [0, 0.05) is 29.9 Å². The topological polar surface area (TPSA) is 40.7 Å². The van der Waals surface area contributed by atoms with Crippen LogP contribution in [0.5, 0.6) is 0 Å². The van der Waals surface area contributed by atoms with Gasteiger partial charge < -0.3 is 10.3 Å². The second-order valence-electron chi connectivity index (χ2n) is 5.56. The Hall–Kier alpha value is -1.35. The molecule has 0 atom stereocenters. The summed E-state index contributed by atoms with van der Waals surface area (Å²) in [6.07, 6.45) is 6.63. The lowest BCUT2D eigenvalue weighted by Gasteiger charge is -2.26. The first-order chi connectivity index (χ1) is 8.17. The van der Waals surface area contributed by atoms with Crippen LogP contribution in [-0.4, -0.2) is 15.5 Å². The lowest BCUT2D eigenvalue weighted by molar-refractivity contribution is 0.340. The Bertz CT molecular complexity index is 523. The molecule has 90 valence electrons. The van der Waals surface area contributed by atoms with Gasteiger partial charge in [-0.2, -0.15) is 0 Å². The molecule has 3 heteroatoms. The molecule has 1 fully saturated rings. The zero-order valence-electron chi connectivity index (χ0n) is 10.5. The van der Waals surface area contributed by atoms with Crippen molar-refractivity contribution in [3.05, 3.63) is 30.1 Å². The van der Waals surface area contributed by atoms with Gasteiger partial charge in [0.2, 0.25) is 0 Å². The van der Waals surface area contributed by atoms with E-state index in [1.54, 1.807) is 0 Å². The van der Waals surface area contributed by atoms with E-state index in [-0.39, 0.29) is 5.54 Å². The zero-order valence-corrected chi connectivity index (χ0v) is 10.5. The molecule has 3 rings (SSSR count). The third-order valence-electron chi connectivity index (χ3n) is 3.87. The minimum absolute atomic E-state index is 0.256. The van der Waals surface area contributed by atoms with Gasteiger partial charge in [0.15, 0.2) is 0 Å². The van der Waals surface area contributed by atoms with E-state index in [4.69, 9.17) is 0 Å². The van der Waals surface area contributed by atoms with Crippen molar-refractivity contribution in [2.45, 2.75) is 38.8 Å². The summed E-state index contributed by atoms with van der Waals surface area (Å²) >= 11 is 0. The van der Waals surface area contributed by atoms with Gasteiger partial charge in [0.25, 0.3) is 0 Å². The maximum absolute atomic E-state index is 4.31. The van der Waals surface area contributed by atoms with E-state index in [1.165, 1.54) is 23.8 Å². The molecule has 0 aliphatic heterocycles. The average molecular weight is 229 g/mol. The van der Waals surface area contributed by atoms with Crippen molar-refractivity contribution < 1.29 is 0 Å². The Balaban J connectivity index is 1.76. The average Bonchev–Trinajstić information content (AvgIpc) is 3.09. The summed E-state index contributed by atoms with van der Waals surface area (Å²) in [4.78, 5) is 7.53. The van der Waals surface area contributed by atoms with Crippen LogP contribution in [0, 0.1) is 5.92 Å². The van der Waals surface area contributed by atoms with Crippen molar-refractivity contribution in [2.75, 3.05) is 0 Å². The van der Waals surface area contributed by atoms with E-state index in [2.05, 4.69) is 41.4 Å². The van der Waals surface area contributed by atoms with Crippen LogP contribution in [0.15, 0.2) is 24.5 Å². The second-order valence-corrected chi connectivity index (χ2v) is 5.56. The van der Waals surface area contributed by atoms with Crippen molar-refractivity contribution in [3.8, 4) is 0 Å². The van der Waals surface area contributed by atoms with Crippen molar-refractivity contribution in [1.29, 1.82) is 0 Å². The molecule has 1 aliphatic rings. The summed E-state index contributed by atoms with van der Waals surface area (Å²) in [5.41, 5.74) is 2.54. The largest absolute Gasteiger partial charge is 0.346 e. The van der Waals surface area contributed by atoms with Crippen LogP contribution in [-0.2, 0) is 6.54 Å². The molecule has 2 N–H and O–H groups in total. The van der Waals surface area contributed by atoms with E-state index in [0.717, 1.165) is 18.1 Å². The van der Waals surface area contributed by atoms with Gasteiger partial charge in [-0.15, -0.1) is 0 Å². The minimum atomic E-state index is 0.256. The maximum Gasteiger partial charge on any atom is 0.137 e. The molecule has 0 saturated heterocycles. The second kappa shape index (κ2) is 3.84. The molecule has 0 aromatic carbocycles. The number of nitrogens with one attached hydrogen (secondary N) is 2. The summed E-state index contributed by atoms with van der Waals surface area (Å²) in [5, 5.41) is 4.90. The fraction of sp³-hybridized carbons (Fsp3) is 0.500. The van der Waals surface area contributed by atoms with E-state index in [0.29, 0.717) is 0 Å². The summed E-state index contributed by atoms with van der Waals surface area (Å²) < 4.78 is 0. The molecule has 0 spiro atoms. The molecule has 3 nitrogen and oxygen atoms in total. The van der Waals surface area contributed by atoms with Crippen molar-refractivity contribution in [2.24, 2.45) is 5.92 Å². The molecular weight excluding hydrogens is 210 g/mol. The van der Waals surface area contributed by atoms with E-state index in [1.807, 2.05) is 12.3 Å². The highest BCUT2D eigenvalue weighted by molar-refractivity contribution is 5.79. The molecule has 0 bridgehead atoms. The van der Waals surface area contributed by atoms with Gasteiger partial charge in [-0.25, -0.2) is 4.98 Å². The quantitative estimate of drug-likeness (QED) is 0.846. The Morgan fingerprint density at radius 2 is 2.29 bits per heavy atom. The number of fused-ring (bicyclic) bond motifs is 1. The van der Waals surface area contributed by atoms with Crippen LogP contribution >= 0.6 is 0 Å². The number of pyridine rings is 1. The van der Waals surface area contributed by atoms with Crippen LogP contribution in [0.1, 0.15) is 32.3 Å². The maximum atomic E-state index is 4.31. The number of aromatic nitrogens is 2. The highest BCUT2D eigenvalue weighted by atomic mass is 15.0. The van der Waals surface area contributed by atoms with E-state index in [9.17, 15) is 0 Å². The van der Waals surface area contributed by atoms with Crippen LogP contribution in [0.3, 0.4) is 0 Å². The first-order valence-corrected chi connectivity index (χ1v) is 6.33. The standard InChI is InChI=1S/C14H19N3/c1-14(2,11-5-6-11)17-9-10-8-16-13-12(10)4-3-7-15-13/h3-4,7-8,11,17H,5-6,9H2,1-2H3,(H,15,16). The smallest absolute Gasteiger partial charge is 0.137 e. The predicted octanol–water partition coefficient (Wildman–Crippen LogP) is 2.84. The summed E-state index contributed by atoms with van der Waals surface area (Å²) in [6, 6.07) is 4.12. The van der Waals surface area contributed by atoms with Gasteiger partial charge in [-0.1, -0.05) is 0 Å². The number of aromatic amines is 1. The summed E-state index contributed by atoms with van der Waals surface area (Å²) in [5.74, 6) is 0.853. The third kappa shape index (κ3) is 2.07. The van der Waals surface area contributed by atoms with Gasteiger partial charge in [-0.05, 0) is 50.3 Å². The molecule has 2 aromatic heterocycles. The first-order valence-electron chi connectivity index (χ1n) is 6.33. The number of rotatable bonds is 4. The third-order valence-corrected chi connectivity index (χ3v) is 3.87. The molecule has 0 unspecified atom stereocenters. The van der Waals surface area contributed by atoms with E-state index < -0.39 is 0 Å². The zero-order chi connectivity index (χ0) is 11.9. The Morgan fingerprint density at radius 1 is 1.47 bits per heavy atom. The molecule has 1 saturated carbocycles. The van der Waals surface area contributed by atoms with Crippen LogP contribution in [0.2, 0.25) is 0 Å². The number of hydrogen-bond acceptors (Lipinski definition) is 2. The minimum Gasteiger partial charge on any atom is -0.346 e. The Labute approximate surface area is 102 Å². The fourth-order valence-electron chi connectivity index (χ4n) is 2.43. The van der Waals surface area contributed by atoms with Gasteiger partial charge in [0.05, 0.1) is 0 Å². The van der Waals surface area contributed by atoms with Crippen molar-refractivity contribution in [1.82, 2.24) is 15.3 Å². The highest BCUT2D eigenvalue weighted by Gasteiger charge is 2.37. The molecule has 0 radical (unpaired) electrons. The number of nitrogens with zero attached hydrogens (tertiary/aromatic N) is 1. The van der Waals surface area contributed by atoms with E-state index >= 15 is 0 Å². The number of hydrogen-bond donors (Lipinski definition) is 2. The predicted molar refractivity (Wildman–Crippen MR) is 69.7 cm³/mol. The molecule has 17 heavy (non-hydrogen) atoms. The molecule has 1 aliphatic carbocycles. The molecular formula is C14H19N3. The summed E-state index contributed by atoms with van der Waals surface area (Å²) in [6.45, 7) is 5.52.